The van der Waals surface area contributed by atoms with Crippen molar-refractivity contribution < 1.29 is 18.7 Å². The van der Waals surface area contributed by atoms with Crippen molar-refractivity contribution >= 4 is 17.7 Å². The fourth-order valence-electron chi connectivity index (χ4n) is 2.87. The van der Waals surface area contributed by atoms with Crippen LogP contribution in [0.15, 0.2) is 36.4 Å². The SMILES string of the molecule is COc1cc2c(cc1/C=C/C(=O)Nc1ccc(F)cc1C)O[C@H](C)C2. The molecule has 1 N–H and O–H groups in total. The quantitative estimate of drug-likeness (QED) is 0.851. The van der Waals surface area contributed by atoms with Crippen molar-refractivity contribution in [1.82, 2.24) is 0 Å². The van der Waals surface area contributed by atoms with E-state index in [0.717, 1.165) is 23.3 Å². The Labute approximate surface area is 146 Å². The van der Waals surface area contributed by atoms with Crippen molar-refractivity contribution in [3.05, 3.63) is 58.9 Å². The summed E-state index contributed by atoms with van der Waals surface area (Å²) in [6.07, 6.45) is 4.09. The molecule has 0 radical (unpaired) electrons. The molecule has 0 fully saturated rings. The van der Waals surface area contributed by atoms with Crippen molar-refractivity contribution in [1.29, 1.82) is 0 Å². The molecular formula is C20H20FNO3. The number of hydrogen-bond donors (Lipinski definition) is 1. The lowest BCUT2D eigenvalue weighted by Gasteiger charge is -2.09. The summed E-state index contributed by atoms with van der Waals surface area (Å²) in [6, 6.07) is 8.06. The maximum absolute atomic E-state index is 13.1. The number of hydrogen-bond acceptors (Lipinski definition) is 3. The number of rotatable bonds is 4. The van der Waals surface area contributed by atoms with Crippen molar-refractivity contribution in [3.63, 3.8) is 0 Å². The maximum Gasteiger partial charge on any atom is 0.248 e. The molecule has 3 rings (SSSR count). The van der Waals surface area contributed by atoms with Gasteiger partial charge in [-0.3, -0.25) is 4.79 Å². The van der Waals surface area contributed by atoms with Gasteiger partial charge in [-0.2, -0.15) is 0 Å². The van der Waals surface area contributed by atoms with Gasteiger partial charge in [0.25, 0.3) is 0 Å². The molecule has 0 aromatic heterocycles. The van der Waals surface area contributed by atoms with Gasteiger partial charge in [0.05, 0.1) is 7.11 Å². The van der Waals surface area contributed by atoms with Crippen LogP contribution < -0.4 is 14.8 Å². The molecule has 0 saturated heterocycles. The summed E-state index contributed by atoms with van der Waals surface area (Å²) in [7, 11) is 1.60. The van der Waals surface area contributed by atoms with Gasteiger partial charge in [0.1, 0.15) is 23.4 Å². The summed E-state index contributed by atoms with van der Waals surface area (Å²) in [4.78, 5) is 12.1. The number of anilines is 1. The lowest BCUT2D eigenvalue weighted by Crippen LogP contribution is -2.09. The number of carbonyl (C=O) groups is 1. The molecule has 1 heterocycles. The second-order valence-corrected chi connectivity index (χ2v) is 6.12. The van der Waals surface area contributed by atoms with E-state index in [1.807, 2.05) is 19.1 Å². The molecule has 1 aliphatic heterocycles. The molecule has 1 atom stereocenters. The zero-order valence-corrected chi connectivity index (χ0v) is 14.4. The van der Waals surface area contributed by atoms with E-state index in [-0.39, 0.29) is 17.8 Å². The van der Waals surface area contributed by atoms with Crippen LogP contribution in [0.25, 0.3) is 6.08 Å². The molecule has 0 bridgehead atoms. The van der Waals surface area contributed by atoms with E-state index < -0.39 is 0 Å². The molecule has 0 saturated carbocycles. The maximum atomic E-state index is 13.1. The van der Waals surface area contributed by atoms with Crippen molar-refractivity contribution in [2.75, 3.05) is 12.4 Å². The molecule has 1 aliphatic rings. The van der Waals surface area contributed by atoms with Gasteiger partial charge in [0.2, 0.25) is 5.91 Å². The molecule has 130 valence electrons. The summed E-state index contributed by atoms with van der Waals surface area (Å²) in [6.45, 7) is 3.75. The van der Waals surface area contributed by atoms with Crippen LogP contribution in [0.1, 0.15) is 23.6 Å². The van der Waals surface area contributed by atoms with Crippen molar-refractivity contribution in [2.45, 2.75) is 26.4 Å². The van der Waals surface area contributed by atoms with Crippen LogP contribution in [0.3, 0.4) is 0 Å². The number of ether oxygens (including phenoxy) is 2. The molecular weight excluding hydrogens is 321 g/mol. The third kappa shape index (κ3) is 3.82. The minimum Gasteiger partial charge on any atom is -0.496 e. The standard InChI is InChI=1S/C20H20FNO3/c1-12-8-16(21)5-6-17(12)22-20(23)7-4-14-10-19-15(9-13(2)25-19)11-18(14)24-3/h4-8,10-11,13H,9H2,1-3H3,(H,22,23)/b7-4+/t13-/m1/s1. The highest BCUT2D eigenvalue weighted by molar-refractivity contribution is 6.02. The van der Waals surface area contributed by atoms with Gasteiger partial charge in [-0.25, -0.2) is 4.39 Å². The zero-order chi connectivity index (χ0) is 18.0. The molecule has 2 aromatic carbocycles. The van der Waals surface area contributed by atoms with E-state index in [2.05, 4.69) is 5.32 Å². The van der Waals surface area contributed by atoms with Crippen LogP contribution in [0.2, 0.25) is 0 Å². The van der Waals surface area contributed by atoms with Crippen LogP contribution in [0, 0.1) is 12.7 Å². The van der Waals surface area contributed by atoms with Gasteiger partial charge in [0, 0.05) is 29.3 Å². The van der Waals surface area contributed by atoms with Gasteiger partial charge in [0.15, 0.2) is 0 Å². The Hall–Kier alpha value is -2.82. The number of aryl methyl sites for hydroxylation is 1. The number of halogens is 1. The third-order valence-corrected chi connectivity index (χ3v) is 4.11. The van der Waals surface area contributed by atoms with Gasteiger partial charge >= 0.3 is 0 Å². The second-order valence-electron chi connectivity index (χ2n) is 6.12. The van der Waals surface area contributed by atoms with Crippen LogP contribution in [0.5, 0.6) is 11.5 Å². The first-order valence-electron chi connectivity index (χ1n) is 8.09. The highest BCUT2D eigenvalue weighted by Gasteiger charge is 2.21. The molecule has 2 aromatic rings. The fourth-order valence-corrected chi connectivity index (χ4v) is 2.87. The van der Waals surface area contributed by atoms with Gasteiger partial charge in [-0.15, -0.1) is 0 Å². The van der Waals surface area contributed by atoms with E-state index >= 15 is 0 Å². The lowest BCUT2D eigenvalue weighted by molar-refractivity contribution is -0.111. The van der Waals surface area contributed by atoms with E-state index in [4.69, 9.17) is 9.47 Å². The third-order valence-electron chi connectivity index (χ3n) is 4.11. The summed E-state index contributed by atoms with van der Waals surface area (Å²) >= 11 is 0. The Balaban J connectivity index is 1.77. The molecule has 5 heteroatoms. The Bertz CT molecular complexity index is 845. The predicted molar refractivity (Wildman–Crippen MR) is 95.6 cm³/mol. The number of fused-ring (bicyclic) bond motifs is 1. The second kappa shape index (κ2) is 6.97. The highest BCUT2D eigenvalue weighted by atomic mass is 19.1. The largest absolute Gasteiger partial charge is 0.496 e. The molecule has 0 aliphatic carbocycles. The minimum absolute atomic E-state index is 0.142. The average molecular weight is 341 g/mol. The highest BCUT2D eigenvalue weighted by Crippen LogP contribution is 2.35. The zero-order valence-electron chi connectivity index (χ0n) is 14.4. The van der Waals surface area contributed by atoms with E-state index in [9.17, 15) is 9.18 Å². The topological polar surface area (TPSA) is 47.6 Å². The van der Waals surface area contributed by atoms with Gasteiger partial charge in [-0.1, -0.05) is 0 Å². The summed E-state index contributed by atoms with van der Waals surface area (Å²) < 4.78 is 24.3. The van der Waals surface area contributed by atoms with Gasteiger partial charge < -0.3 is 14.8 Å². The summed E-state index contributed by atoms with van der Waals surface area (Å²) in [5, 5.41) is 2.74. The molecule has 25 heavy (non-hydrogen) atoms. The van der Waals surface area contributed by atoms with E-state index in [0.29, 0.717) is 17.0 Å². The monoisotopic (exact) mass is 341 g/mol. The Morgan fingerprint density at radius 1 is 1.36 bits per heavy atom. The Morgan fingerprint density at radius 3 is 2.88 bits per heavy atom. The van der Waals surface area contributed by atoms with Crippen LogP contribution >= 0.6 is 0 Å². The first-order valence-corrected chi connectivity index (χ1v) is 8.09. The smallest absolute Gasteiger partial charge is 0.248 e. The number of amides is 1. The normalized spacial score (nSPS) is 15.8. The van der Waals surface area contributed by atoms with Crippen LogP contribution in [0.4, 0.5) is 10.1 Å². The predicted octanol–water partition coefficient (Wildman–Crippen LogP) is 4.12. The van der Waals surface area contributed by atoms with E-state index in [1.165, 1.54) is 18.2 Å². The lowest BCUT2D eigenvalue weighted by atomic mass is 10.1. The van der Waals surface area contributed by atoms with Crippen molar-refractivity contribution in [3.8, 4) is 11.5 Å². The Kier molecular flexibility index (Phi) is 4.74. The summed E-state index contributed by atoms with van der Waals surface area (Å²) in [5.41, 5.74) is 3.11. The fraction of sp³-hybridized carbons (Fsp3) is 0.250. The summed E-state index contributed by atoms with van der Waals surface area (Å²) in [5.74, 6) is 0.885. The number of carbonyl (C=O) groups excluding carboxylic acids is 1. The first kappa shape index (κ1) is 17.0. The Morgan fingerprint density at radius 2 is 2.16 bits per heavy atom. The van der Waals surface area contributed by atoms with Crippen LogP contribution in [-0.4, -0.2) is 19.1 Å². The van der Waals surface area contributed by atoms with Crippen molar-refractivity contribution in [2.24, 2.45) is 0 Å². The van der Waals surface area contributed by atoms with Gasteiger partial charge in [-0.05, 0) is 55.8 Å². The molecule has 1 amide bonds. The number of benzene rings is 2. The van der Waals surface area contributed by atoms with Crippen LogP contribution in [-0.2, 0) is 11.2 Å². The molecule has 0 unspecified atom stereocenters. The number of nitrogens with one attached hydrogen (secondary N) is 1. The number of methoxy groups -OCH3 is 1. The molecule has 0 spiro atoms. The minimum atomic E-state index is -0.330. The molecule has 4 nitrogen and oxygen atoms in total. The first-order chi connectivity index (χ1) is 12.0. The average Bonchev–Trinajstić information content (AvgIpc) is 2.93. The van der Waals surface area contributed by atoms with E-state index in [1.54, 1.807) is 26.2 Å².